The highest BCUT2D eigenvalue weighted by molar-refractivity contribution is 5.93. The van der Waals surface area contributed by atoms with Crippen molar-refractivity contribution in [2.24, 2.45) is 4.99 Å². The number of hydrogen-bond acceptors (Lipinski definition) is 6. The minimum absolute atomic E-state index is 0.126. The van der Waals surface area contributed by atoms with E-state index in [-0.39, 0.29) is 30.4 Å². The van der Waals surface area contributed by atoms with E-state index in [0.717, 1.165) is 0 Å². The van der Waals surface area contributed by atoms with Gasteiger partial charge in [-0.3, -0.25) is 9.69 Å². The monoisotopic (exact) mass is 268 g/mol. The van der Waals surface area contributed by atoms with Gasteiger partial charge in [-0.25, -0.2) is 0 Å². The molecular formula is C12H16N2O5. The number of nitrogens with zero attached hydrogens (tertiary/aromatic N) is 2. The van der Waals surface area contributed by atoms with Gasteiger partial charge in [0.1, 0.15) is 24.9 Å². The Bertz CT molecular complexity index is 463. The predicted octanol–water partition coefficient (Wildman–Crippen LogP) is -0.150. The Kier molecular flexibility index (Phi) is 2.25. The maximum absolute atomic E-state index is 11.4. The summed E-state index contributed by atoms with van der Waals surface area (Å²) < 4.78 is 23.3. The first-order valence-corrected chi connectivity index (χ1v) is 6.56. The van der Waals surface area contributed by atoms with Crippen LogP contribution in [-0.4, -0.2) is 60.3 Å². The van der Waals surface area contributed by atoms with Gasteiger partial charge in [0.05, 0.1) is 0 Å². The molecule has 0 aromatic carbocycles. The smallest absolute Gasteiger partial charge is 0.297 e. The summed E-state index contributed by atoms with van der Waals surface area (Å²) in [4.78, 5) is 17.2. The minimum Gasteiger partial charge on any atom is -0.462 e. The summed E-state index contributed by atoms with van der Waals surface area (Å²) in [5.74, 6) is -0.757. The van der Waals surface area contributed by atoms with Gasteiger partial charge < -0.3 is 18.9 Å². The average molecular weight is 268 g/mol. The molecule has 0 N–H and O–H groups in total. The third-order valence-corrected chi connectivity index (χ3v) is 3.84. The van der Waals surface area contributed by atoms with Crippen LogP contribution in [0.5, 0.6) is 0 Å². The maximum atomic E-state index is 11.4. The summed E-state index contributed by atoms with van der Waals surface area (Å²) in [6, 6.07) is 0.357. The van der Waals surface area contributed by atoms with E-state index in [2.05, 4.69) is 4.99 Å². The Balaban J connectivity index is 1.68. The van der Waals surface area contributed by atoms with Crippen LogP contribution in [0.2, 0.25) is 0 Å². The fourth-order valence-electron chi connectivity index (χ4n) is 3.09. The van der Waals surface area contributed by atoms with Crippen molar-refractivity contribution in [1.82, 2.24) is 4.90 Å². The molecule has 4 aliphatic rings. The van der Waals surface area contributed by atoms with Crippen LogP contribution in [0.25, 0.3) is 0 Å². The van der Waals surface area contributed by atoms with Crippen molar-refractivity contribution in [2.45, 2.75) is 50.6 Å². The van der Waals surface area contributed by atoms with E-state index in [4.69, 9.17) is 18.9 Å². The molecule has 0 unspecified atom stereocenters. The quantitative estimate of drug-likeness (QED) is 0.608. The maximum Gasteiger partial charge on any atom is 0.297 e. The molecule has 0 spiro atoms. The molecule has 2 bridgehead atoms. The van der Waals surface area contributed by atoms with Gasteiger partial charge >= 0.3 is 0 Å². The Labute approximate surface area is 110 Å². The molecule has 4 atom stereocenters. The lowest BCUT2D eigenvalue weighted by Crippen LogP contribution is -2.51. The fraction of sp³-hybridized carbons (Fsp3) is 0.833. The number of fused-ring (bicyclic) bond motifs is 7. The van der Waals surface area contributed by atoms with Crippen molar-refractivity contribution < 1.29 is 23.7 Å². The first kappa shape index (κ1) is 11.6. The molecule has 0 radical (unpaired) electrons. The van der Waals surface area contributed by atoms with Crippen LogP contribution in [0, 0.1) is 0 Å². The summed E-state index contributed by atoms with van der Waals surface area (Å²) >= 11 is 0. The number of amides is 1. The lowest BCUT2D eigenvalue weighted by atomic mass is 10.1. The van der Waals surface area contributed by atoms with Gasteiger partial charge in [0.2, 0.25) is 0 Å². The first-order chi connectivity index (χ1) is 9.03. The summed E-state index contributed by atoms with van der Waals surface area (Å²) in [6.45, 7) is 4.67. The predicted molar refractivity (Wildman–Crippen MR) is 62.2 cm³/mol. The lowest BCUT2D eigenvalue weighted by molar-refractivity contribution is -0.197. The number of rotatable bonds is 0. The highest BCUT2D eigenvalue weighted by Crippen LogP contribution is 2.41. The molecule has 0 aliphatic carbocycles. The zero-order valence-electron chi connectivity index (χ0n) is 10.9. The van der Waals surface area contributed by atoms with Crippen molar-refractivity contribution in [3.8, 4) is 0 Å². The van der Waals surface area contributed by atoms with Gasteiger partial charge in [0.15, 0.2) is 12.0 Å². The molecule has 0 aromatic rings. The van der Waals surface area contributed by atoms with Crippen LogP contribution >= 0.6 is 0 Å². The van der Waals surface area contributed by atoms with E-state index in [1.54, 1.807) is 0 Å². The molecule has 19 heavy (non-hydrogen) atoms. The Hall–Kier alpha value is -1.18. The second-order valence-corrected chi connectivity index (χ2v) is 5.67. The van der Waals surface area contributed by atoms with Crippen LogP contribution in [-0.2, 0) is 23.7 Å². The van der Waals surface area contributed by atoms with Gasteiger partial charge in [-0.1, -0.05) is 0 Å². The molecule has 4 rings (SSSR count). The summed E-state index contributed by atoms with van der Waals surface area (Å²) in [6.07, 6.45) is -0.383. The van der Waals surface area contributed by atoms with Crippen molar-refractivity contribution in [2.75, 3.05) is 13.2 Å². The van der Waals surface area contributed by atoms with E-state index in [9.17, 15) is 4.79 Å². The average Bonchev–Trinajstić information content (AvgIpc) is 2.73. The fourth-order valence-corrected chi connectivity index (χ4v) is 3.09. The van der Waals surface area contributed by atoms with Crippen molar-refractivity contribution in [1.29, 1.82) is 0 Å². The van der Waals surface area contributed by atoms with Crippen LogP contribution < -0.4 is 0 Å². The topological polar surface area (TPSA) is 69.6 Å². The molecule has 3 fully saturated rings. The second kappa shape index (κ2) is 3.68. The third-order valence-electron chi connectivity index (χ3n) is 3.84. The number of carbonyl (C=O) groups excluding carboxylic acids is 1. The highest BCUT2D eigenvalue weighted by atomic mass is 16.8. The molecule has 104 valence electrons. The van der Waals surface area contributed by atoms with E-state index < -0.39 is 5.79 Å². The Morgan fingerprint density at radius 3 is 2.95 bits per heavy atom. The molecule has 0 aromatic heterocycles. The number of aliphatic imine (C=N–C) groups is 1. The van der Waals surface area contributed by atoms with E-state index >= 15 is 0 Å². The first-order valence-electron chi connectivity index (χ1n) is 6.56. The highest BCUT2D eigenvalue weighted by Gasteiger charge is 2.59. The molecule has 4 aliphatic heterocycles. The number of hydrogen-bond donors (Lipinski definition) is 0. The minimum atomic E-state index is -0.608. The molecule has 1 amide bonds. The van der Waals surface area contributed by atoms with Crippen molar-refractivity contribution in [3.05, 3.63) is 0 Å². The normalized spacial score (nSPS) is 43.2. The van der Waals surface area contributed by atoms with Crippen LogP contribution in [0.3, 0.4) is 0 Å². The summed E-state index contributed by atoms with van der Waals surface area (Å²) in [5.41, 5.74) is 0. The largest absolute Gasteiger partial charge is 0.462 e. The molecule has 4 heterocycles. The summed E-state index contributed by atoms with van der Waals surface area (Å²) in [7, 11) is 0. The SMILES string of the molecule is CC1(C)O[C@@H]2[C@H](O1)[C@H]1COC3=NC(=O)CCN3[C@@H]2O1. The molecule has 3 saturated heterocycles. The zero-order chi connectivity index (χ0) is 13.2. The van der Waals surface area contributed by atoms with Gasteiger partial charge in [0, 0.05) is 13.0 Å². The van der Waals surface area contributed by atoms with Crippen LogP contribution in [0.15, 0.2) is 4.99 Å². The standard InChI is InChI=1S/C12H16N2O5/c1-12(2)18-8-6-5-16-11-13-7(15)3-4-14(11)10(17-6)9(8)19-12/h6,8-10H,3-5H2,1-2H3/t6-,8-,9-,10-/m1/s1. The third kappa shape index (κ3) is 1.69. The van der Waals surface area contributed by atoms with Gasteiger partial charge in [0.25, 0.3) is 11.9 Å². The van der Waals surface area contributed by atoms with Gasteiger partial charge in [-0.2, -0.15) is 4.99 Å². The second-order valence-electron chi connectivity index (χ2n) is 5.67. The van der Waals surface area contributed by atoms with E-state index in [1.165, 1.54) is 0 Å². The Morgan fingerprint density at radius 2 is 2.11 bits per heavy atom. The Morgan fingerprint density at radius 1 is 1.32 bits per heavy atom. The molecule has 7 nitrogen and oxygen atoms in total. The molecule has 0 saturated carbocycles. The zero-order valence-corrected chi connectivity index (χ0v) is 10.9. The van der Waals surface area contributed by atoms with Gasteiger partial charge in [-0.05, 0) is 13.8 Å². The number of amidine groups is 1. The van der Waals surface area contributed by atoms with Crippen LogP contribution in [0.4, 0.5) is 0 Å². The van der Waals surface area contributed by atoms with E-state index in [0.29, 0.717) is 25.6 Å². The lowest BCUT2D eigenvalue weighted by Gasteiger charge is -2.33. The van der Waals surface area contributed by atoms with Crippen molar-refractivity contribution in [3.63, 3.8) is 0 Å². The van der Waals surface area contributed by atoms with Crippen LogP contribution in [0.1, 0.15) is 20.3 Å². The van der Waals surface area contributed by atoms with Gasteiger partial charge in [-0.15, -0.1) is 0 Å². The van der Waals surface area contributed by atoms with E-state index in [1.807, 2.05) is 18.7 Å². The summed E-state index contributed by atoms with van der Waals surface area (Å²) in [5, 5.41) is 0. The van der Waals surface area contributed by atoms with Crippen molar-refractivity contribution >= 4 is 11.9 Å². The number of ether oxygens (including phenoxy) is 4. The molecular weight excluding hydrogens is 252 g/mol. The number of carbonyl (C=O) groups is 1. The molecule has 7 heteroatoms.